The number of hydrogen-bond acceptors (Lipinski definition) is 4. The summed E-state index contributed by atoms with van der Waals surface area (Å²) in [6, 6.07) is 0. The zero-order chi connectivity index (χ0) is 12.3. The van der Waals surface area contributed by atoms with Crippen LogP contribution in [0.1, 0.15) is 11.5 Å². The van der Waals surface area contributed by atoms with Crippen molar-refractivity contribution in [2.45, 2.75) is 13.5 Å². The van der Waals surface area contributed by atoms with Crippen molar-refractivity contribution < 1.29 is 0 Å². The highest BCUT2D eigenvalue weighted by Crippen LogP contribution is 2.10. The summed E-state index contributed by atoms with van der Waals surface area (Å²) in [6.45, 7) is 6.98. The molecule has 0 saturated heterocycles. The van der Waals surface area contributed by atoms with Gasteiger partial charge in [0.25, 0.3) is 0 Å². The van der Waals surface area contributed by atoms with Gasteiger partial charge in [-0.15, -0.1) is 16.8 Å². The Morgan fingerprint density at radius 2 is 2.35 bits per heavy atom. The van der Waals surface area contributed by atoms with E-state index in [2.05, 4.69) is 27.1 Å². The average Bonchev–Trinajstić information content (AvgIpc) is 2.84. The van der Waals surface area contributed by atoms with Crippen LogP contribution in [0.25, 0.3) is 0 Å². The van der Waals surface area contributed by atoms with Crippen molar-refractivity contribution >= 4 is 5.95 Å². The van der Waals surface area contributed by atoms with Crippen LogP contribution in [0.3, 0.4) is 0 Å². The van der Waals surface area contributed by atoms with Gasteiger partial charge < -0.3 is 14.5 Å². The van der Waals surface area contributed by atoms with Crippen molar-refractivity contribution in [1.82, 2.24) is 24.3 Å². The van der Waals surface area contributed by atoms with Gasteiger partial charge in [0, 0.05) is 19.8 Å². The minimum Gasteiger partial charge on any atom is -0.352 e. The van der Waals surface area contributed by atoms with Gasteiger partial charge >= 0.3 is 0 Å². The number of hydrogen-bond donors (Lipinski definition) is 1. The Kier molecular flexibility index (Phi) is 3.22. The smallest absolute Gasteiger partial charge is 0.203 e. The monoisotopic (exact) mass is 232 g/mol. The molecule has 0 atom stereocenters. The Balaban J connectivity index is 2.20. The maximum atomic E-state index is 4.40. The van der Waals surface area contributed by atoms with Crippen LogP contribution >= 0.6 is 0 Å². The van der Waals surface area contributed by atoms with Crippen molar-refractivity contribution in [3.05, 3.63) is 36.7 Å². The minimum absolute atomic E-state index is 0.650. The van der Waals surface area contributed by atoms with Crippen LogP contribution in [0.4, 0.5) is 5.95 Å². The van der Waals surface area contributed by atoms with E-state index in [1.807, 2.05) is 29.3 Å². The van der Waals surface area contributed by atoms with Crippen LogP contribution in [0.2, 0.25) is 0 Å². The molecule has 0 fully saturated rings. The Bertz CT molecular complexity index is 510. The highest BCUT2D eigenvalue weighted by atomic mass is 15.3. The molecular formula is C11H16N6. The third-order valence-corrected chi connectivity index (χ3v) is 2.42. The lowest BCUT2D eigenvalue weighted by Gasteiger charge is -2.07. The fraction of sp³-hybridized carbons (Fsp3) is 0.364. The number of nitrogens with one attached hydrogen (secondary N) is 1. The lowest BCUT2D eigenvalue weighted by molar-refractivity contribution is 0.701. The van der Waals surface area contributed by atoms with Crippen LogP contribution in [-0.2, 0) is 13.6 Å². The standard InChI is InChI=1S/C11H16N6/c1-4-5-12-11-14-9(2)6-17(11)7-10-15-13-8-16(10)3/h4,6,8H,1,5,7H2,2-3H3,(H,12,14). The number of nitrogens with zero attached hydrogens (tertiary/aromatic N) is 5. The van der Waals surface area contributed by atoms with Crippen molar-refractivity contribution in [2.24, 2.45) is 7.05 Å². The molecule has 0 aliphatic carbocycles. The number of rotatable bonds is 5. The molecule has 0 aromatic carbocycles. The molecule has 2 heterocycles. The summed E-state index contributed by atoms with van der Waals surface area (Å²) in [4.78, 5) is 4.40. The van der Waals surface area contributed by atoms with Crippen LogP contribution < -0.4 is 5.32 Å². The first-order valence-electron chi connectivity index (χ1n) is 5.42. The SMILES string of the molecule is C=CCNc1nc(C)cn1Cc1nncn1C. The minimum atomic E-state index is 0.650. The van der Waals surface area contributed by atoms with Gasteiger partial charge in [0.1, 0.15) is 6.33 Å². The zero-order valence-corrected chi connectivity index (χ0v) is 10.1. The van der Waals surface area contributed by atoms with Gasteiger partial charge in [0.2, 0.25) is 5.95 Å². The molecule has 0 aliphatic heterocycles. The molecule has 0 aliphatic rings. The molecule has 2 rings (SSSR count). The summed E-state index contributed by atoms with van der Waals surface area (Å²) in [5, 5.41) is 11.1. The van der Waals surface area contributed by atoms with Crippen molar-refractivity contribution in [2.75, 3.05) is 11.9 Å². The highest BCUT2D eigenvalue weighted by molar-refractivity contribution is 5.30. The van der Waals surface area contributed by atoms with Gasteiger partial charge in [0.05, 0.1) is 12.2 Å². The second-order valence-electron chi connectivity index (χ2n) is 3.86. The Morgan fingerprint density at radius 1 is 1.53 bits per heavy atom. The van der Waals surface area contributed by atoms with Gasteiger partial charge in [-0.05, 0) is 6.92 Å². The molecule has 1 N–H and O–H groups in total. The summed E-state index contributed by atoms with van der Waals surface area (Å²) in [5.41, 5.74) is 0.971. The third kappa shape index (κ3) is 2.52. The van der Waals surface area contributed by atoms with E-state index in [1.54, 1.807) is 12.4 Å². The van der Waals surface area contributed by atoms with Crippen LogP contribution in [0, 0.1) is 6.92 Å². The molecule has 0 spiro atoms. The predicted octanol–water partition coefficient (Wildman–Crippen LogP) is 0.966. The molecule has 90 valence electrons. The van der Waals surface area contributed by atoms with Gasteiger partial charge in [-0.25, -0.2) is 4.98 Å². The lowest BCUT2D eigenvalue weighted by atomic mass is 10.5. The molecule has 0 unspecified atom stereocenters. The molecular weight excluding hydrogens is 216 g/mol. The second-order valence-corrected chi connectivity index (χ2v) is 3.86. The molecule has 2 aromatic heterocycles. The van der Waals surface area contributed by atoms with E-state index in [4.69, 9.17) is 0 Å². The fourth-order valence-corrected chi connectivity index (χ4v) is 1.57. The third-order valence-electron chi connectivity index (χ3n) is 2.42. The number of imidazole rings is 1. The average molecular weight is 232 g/mol. The van der Waals surface area contributed by atoms with E-state index >= 15 is 0 Å². The number of aryl methyl sites for hydroxylation is 2. The summed E-state index contributed by atoms with van der Waals surface area (Å²) in [5.74, 6) is 1.72. The predicted molar refractivity (Wildman–Crippen MR) is 65.8 cm³/mol. The van der Waals surface area contributed by atoms with Crippen molar-refractivity contribution in [3.63, 3.8) is 0 Å². The Hall–Kier alpha value is -2.11. The lowest BCUT2D eigenvalue weighted by Crippen LogP contribution is -2.10. The van der Waals surface area contributed by atoms with E-state index in [-0.39, 0.29) is 0 Å². The van der Waals surface area contributed by atoms with Crippen LogP contribution in [0.5, 0.6) is 0 Å². The summed E-state index contributed by atoms with van der Waals surface area (Å²) in [7, 11) is 1.93. The van der Waals surface area contributed by atoms with Gasteiger partial charge in [-0.3, -0.25) is 0 Å². The summed E-state index contributed by atoms with van der Waals surface area (Å²) < 4.78 is 3.91. The van der Waals surface area contributed by atoms with Crippen molar-refractivity contribution in [1.29, 1.82) is 0 Å². The summed E-state index contributed by atoms with van der Waals surface area (Å²) >= 11 is 0. The molecule has 0 bridgehead atoms. The quantitative estimate of drug-likeness (QED) is 0.780. The normalized spacial score (nSPS) is 10.5. The molecule has 6 nitrogen and oxygen atoms in total. The van der Waals surface area contributed by atoms with E-state index in [9.17, 15) is 0 Å². The Labute approximate surface area is 100 Å². The highest BCUT2D eigenvalue weighted by Gasteiger charge is 2.08. The maximum absolute atomic E-state index is 4.40. The largest absolute Gasteiger partial charge is 0.352 e. The number of anilines is 1. The van der Waals surface area contributed by atoms with Gasteiger partial charge in [0.15, 0.2) is 5.82 Å². The molecule has 0 amide bonds. The molecule has 0 radical (unpaired) electrons. The molecule has 17 heavy (non-hydrogen) atoms. The second kappa shape index (κ2) is 4.82. The molecule has 6 heteroatoms. The first-order valence-corrected chi connectivity index (χ1v) is 5.42. The first-order chi connectivity index (χ1) is 8.20. The van der Waals surface area contributed by atoms with E-state index in [0.717, 1.165) is 17.5 Å². The zero-order valence-electron chi connectivity index (χ0n) is 10.1. The van der Waals surface area contributed by atoms with Crippen molar-refractivity contribution in [3.8, 4) is 0 Å². The van der Waals surface area contributed by atoms with Crippen LogP contribution in [-0.4, -0.2) is 30.9 Å². The fourth-order valence-electron chi connectivity index (χ4n) is 1.57. The first kappa shape index (κ1) is 11.4. The van der Waals surface area contributed by atoms with Gasteiger partial charge in [-0.2, -0.15) is 0 Å². The molecule has 0 saturated carbocycles. The van der Waals surface area contributed by atoms with Crippen LogP contribution in [0.15, 0.2) is 25.2 Å². The van der Waals surface area contributed by atoms with E-state index in [0.29, 0.717) is 13.1 Å². The van der Waals surface area contributed by atoms with E-state index in [1.165, 1.54) is 0 Å². The maximum Gasteiger partial charge on any atom is 0.203 e. The summed E-state index contributed by atoms with van der Waals surface area (Å²) in [6.07, 6.45) is 5.48. The molecule has 2 aromatic rings. The topological polar surface area (TPSA) is 60.6 Å². The number of aromatic nitrogens is 5. The van der Waals surface area contributed by atoms with E-state index < -0.39 is 0 Å². The Morgan fingerprint density at radius 3 is 3.00 bits per heavy atom. The van der Waals surface area contributed by atoms with Gasteiger partial charge in [-0.1, -0.05) is 6.08 Å².